The first kappa shape index (κ1) is 12.1. The highest BCUT2D eigenvalue weighted by Gasteiger charge is 2.35. The van der Waals surface area contributed by atoms with Gasteiger partial charge in [0.2, 0.25) is 0 Å². The fourth-order valence-corrected chi connectivity index (χ4v) is 4.58. The van der Waals surface area contributed by atoms with Gasteiger partial charge in [-0.1, -0.05) is 6.07 Å². The van der Waals surface area contributed by atoms with E-state index in [2.05, 4.69) is 29.1 Å². The predicted molar refractivity (Wildman–Crippen MR) is 77.9 cm³/mol. The summed E-state index contributed by atoms with van der Waals surface area (Å²) in [5.41, 5.74) is 0. The van der Waals surface area contributed by atoms with Crippen LogP contribution in [0.2, 0.25) is 0 Å². The van der Waals surface area contributed by atoms with E-state index in [4.69, 9.17) is 0 Å². The highest BCUT2D eigenvalue weighted by Crippen LogP contribution is 2.43. The molecule has 3 unspecified atom stereocenters. The summed E-state index contributed by atoms with van der Waals surface area (Å²) < 4.78 is 0. The third-order valence-electron chi connectivity index (χ3n) is 4.08. The molecule has 0 aliphatic heterocycles. The van der Waals surface area contributed by atoms with Gasteiger partial charge in [-0.05, 0) is 55.7 Å². The summed E-state index contributed by atoms with van der Waals surface area (Å²) in [6, 6.07) is 5.92. The van der Waals surface area contributed by atoms with E-state index in [0.717, 1.165) is 17.2 Å². The Kier molecular flexibility index (Phi) is 3.78. The van der Waals surface area contributed by atoms with Gasteiger partial charge in [-0.2, -0.15) is 11.8 Å². The maximum Gasteiger partial charge on any atom is 0.0445 e. The average molecular weight is 267 g/mol. The van der Waals surface area contributed by atoms with Gasteiger partial charge in [0.25, 0.3) is 0 Å². The van der Waals surface area contributed by atoms with Crippen LogP contribution in [0.1, 0.15) is 43.0 Å². The predicted octanol–water partition coefficient (Wildman–Crippen LogP) is 4.07. The zero-order valence-electron chi connectivity index (χ0n) is 10.4. The molecule has 0 aromatic carbocycles. The van der Waals surface area contributed by atoms with Gasteiger partial charge < -0.3 is 5.32 Å². The first-order valence-electron chi connectivity index (χ1n) is 6.69. The number of nitrogens with one attached hydrogen (secondary N) is 1. The summed E-state index contributed by atoms with van der Waals surface area (Å²) in [5.74, 6) is 0.918. The quantitative estimate of drug-likeness (QED) is 0.863. The fourth-order valence-electron chi connectivity index (χ4n) is 2.91. The van der Waals surface area contributed by atoms with E-state index >= 15 is 0 Å². The maximum atomic E-state index is 3.94. The molecule has 2 aliphatic carbocycles. The van der Waals surface area contributed by atoms with E-state index in [-0.39, 0.29) is 0 Å². The van der Waals surface area contributed by atoms with E-state index in [1.807, 2.05) is 23.1 Å². The Hall–Kier alpha value is 0.01000. The van der Waals surface area contributed by atoms with Gasteiger partial charge >= 0.3 is 0 Å². The maximum absolute atomic E-state index is 3.94. The van der Waals surface area contributed by atoms with Gasteiger partial charge in [0.15, 0.2) is 0 Å². The van der Waals surface area contributed by atoms with Crippen LogP contribution in [-0.4, -0.2) is 17.5 Å². The molecule has 0 spiro atoms. The Balaban J connectivity index is 1.62. The smallest absolute Gasteiger partial charge is 0.0445 e. The number of thioether (sulfide) groups is 1. The zero-order valence-corrected chi connectivity index (χ0v) is 12.0. The second-order valence-corrected chi connectivity index (χ2v) is 7.48. The minimum Gasteiger partial charge on any atom is -0.306 e. The van der Waals surface area contributed by atoms with Crippen LogP contribution in [0.15, 0.2) is 17.5 Å². The fraction of sp³-hybridized carbons (Fsp3) is 0.714. The highest BCUT2D eigenvalue weighted by atomic mass is 32.2. The summed E-state index contributed by atoms with van der Waals surface area (Å²) in [7, 11) is 0. The average Bonchev–Trinajstić information content (AvgIpc) is 2.88. The number of hydrogen-bond donors (Lipinski definition) is 1. The molecule has 1 nitrogen and oxygen atoms in total. The van der Waals surface area contributed by atoms with Crippen molar-refractivity contribution in [2.75, 3.05) is 6.26 Å². The molecule has 1 aromatic heterocycles. The SMILES string of the molecule is CSC1CCC(NC(c2cccs2)C2CC2)C1. The van der Waals surface area contributed by atoms with E-state index in [1.165, 1.54) is 32.1 Å². The van der Waals surface area contributed by atoms with Crippen molar-refractivity contribution in [2.45, 2.75) is 49.4 Å². The first-order valence-corrected chi connectivity index (χ1v) is 8.86. The minimum atomic E-state index is 0.653. The van der Waals surface area contributed by atoms with Gasteiger partial charge in [-0.25, -0.2) is 0 Å². The molecule has 0 saturated heterocycles. The van der Waals surface area contributed by atoms with Crippen molar-refractivity contribution in [3.05, 3.63) is 22.4 Å². The molecule has 2 aliphatic rings. The van der Waals surface area contributed by atoms with Crippen molar-refractivity contribution < 1.29 is 0 Å². The molecule has 3 rings (SSSR count). The molecule has 17 heavy (non-hydrogen) atoms. The van der Waals surface area contributed by atoms with Crippen LogP contribution < -0.4 is 5.32 Å². The number of rotatable bonds is 5. The molecule has 1 aromatic rings. The highest BCUT2D eigenvalue weighted by molar-refractivity contribution is 7.99. The minimum absolute atomic E-state index is 0.653. The molecule has 2 fully saturated rings. The van der Waals surface area contributed by atoms with Crippen LogP contribution in [0, 0.1) is 5.92 Å². The molecule has 3 heteroatoms. The third kappa shape index (κ3) is 2.88. The monoisotopic (exact) mass is 267 g/mol. The zero-order chi connectivity index (χ0) is 11.7. The Bertz CT molecular complexity index is 345. The van der Waals surface area contributed by atoms with Gasteiger partial charge in [0.05, 0.1) is 0 Å². The van der Waals surface area contributed by atoms with Crippen LogP contribution >= 0.6 is 23.1 Å². The van der Waals surface area contributed by atoms with Crippen molar-refractivity contribution >= 4 is 23.1 Å². The van der Waals surface area contributed by atoms with Crippen molar-refractivity contribution in [3.8, 4) is 0 Å². The van der Waals surface area contributed by atoms with Crippen LogP contribution in [-0.2, 0) is 0 Å². The molecule has 1 N–H and O–H groups in total. The van der Waals surface area contributed by atoms with Crippen molar-refractivity contribution in [3.63, 3.8) is 0 Å². The van der Waals surface area contributed by atoms with Crippen LogP contribution in [0.5, 0.6) is 0 Å². The summed E-state index contributed by atoms with van der Waals surface area (Å²) in [4.78, 5) is 1.56. The second-order valence-electron chi connectivity index (χ2n) is 5.36. The largest absolute Gasteiger partial charge is 0.306 e. The van der Waals surface area contributed by atoms with Crippen LogP contribution in [0.25, 0.3) is 0 Å². The molecular formula is C14H21NS2. The number of hydrogen-bond acceptors (Lipinski definition) is 3. The molecule has 0 amide bonds. The number of thiophene rings is 1. The Morgan fingerprint density at radius 1 is 1.35 bits per heavy atom. The Morgan fingerprint density at radius 2 is 2.24 bits per heavy atom. The summed E-state index contributed by atoms with van der Waals surface area (Å²) >= 11 is 3.97. The molecule has 2 saturated carbocycles. The molecular weight excluding hydrogens is 246 g/mol. The van der Waals surface area contributed by atoms with Crippen molar-refractivity contribution in [1.29, 1.82) is 0 Å². The summed E-state index contributed by atoms with van der Waals surface area (Å²) in [6.07, 6.45) is 9.25. The standard InChI is InChI=1S/C14H21NS2/c1-16-12-7-6-11(9-12)15-14(10-4-5-10)13-3-2-8-17-13/h2-3,8,10-12,14-15H,4-7,9H2,1H3. The van der Waals surface area contributed by atoms with Gasteiger partial charge in [-0.3, -0.25) is 0 Å². The Labute approximate surface area is 112 Å². The lowest BCUT2D eigenvalue weighted by Gasteiger charge is -2.22. The van der Waals surface area contributed by atoms with Gasteiger partial charge in [0.1, 0.15) is 0 Å². The molecule has 3 atom stereocenters. The lowest BCUT2D eigenvalue weighted by atomic mass is 10.1. The molecule has 1 heterocycles. The molecule has 0 radical (unpaired) electrons. The lowest BCUT2D eigenvalue weighted by Crippen LogP contribution is -2.31. The molecule has 94 valence electrons. The van der Waals surface area contributed by atoms with E-state index in [1.54, 1.807) is 4.88 Å². The van der Waals surface area contributed by atoms with Crippen molar-refractivity contribution in [1.82, 2.24) is 5.32 Å². The lowest BCUT2D eigenvalue weighted by molar-refractivity contribution is 0.411. The second kappa shape index (κ2) is 5.33. The van der Waals surface area contributed by atoms with E-state index in [9.17, 15) is 0 Å². The Morgan fingerprint density at radius 3 is 2.82 bits per heavy atom. The first-order chi connectivity index (χ1) is 8.36. The third-order valence-corrected chi connectivity index (χ3v) is 6.13. The van der Waals surface area contributed by atoms with Gasteiger partial charge in [-0.15, -0.1) is 11.3 Å². The van der Waals surface area contributed by atoms with Crippen molar-refractivity contribution in [2.24, 2.45) is 5.92 Å². The van der Waals surface area contributed by atoms with E-state index in [0.29, 0.717) is 6.04 Å². The van der Waals surface area contributed by atoms with E-state index < -0.39 is 0 Å². The summed E-state index contributed by atoms with van der Waals surface area (Å²) in [5, 5.41) is 7.05. The van der Waals surface area contributed by atoms with Crippen LogP contribution in [0.4, 0.5) is 0 Å². The summed E-state index contributed by atoms with van der Waals surface area (Å²) in [6.45, 7) is 0. The van der Waals surface area contributed by atoms with Gasteiger partial charge in [0, 0.05) is 22.2 Å². The normalized spacial score (nSPS) is 30.6. The topological polar surface area (TPSA) is 12.0 Å². The molecule has 0 bridgehead atoms. The van der Waals surface area contributed by atoms with Crippen LogP contribution in [0.3, 0.4) is 0 Å².